The topological polar surface area (TPSA) is 68.7 Å². The second-order valence-electron chi connectivity index (χ2n) is 6.18. The Morgan fingerprint density at radius 3 is 2.55 bits per heavy atom. The third-order valence-corrected chi connectivity index (χ3v) is 6.90. The van der Waals surface area contributed by atoms with Crippen LogP contribution in [0, 0.1) is 5.41 Å². The number of nitrogens with zero attached hydrogens (tertiary/aromatic N) is 2. The quantitative estimate of drug-likeness (QED) is 0.842. The van der Waals surface area contributed by atoms with E-state index < -0.39 is 10.0 Å². The average molecular weight is 326 g/mol. The molecule has 0 aromatic carbocycles. The molecule has 2 heterocycles. The van der Waals surface area contributed by atoms with Crippen molar-refractivity contribution in [2.24, 2.45) is 5.41 Å². The van der Waals surface area contributed by atoms with Crippen LogP contribution < -0.4 is 4.74 Å². The first-order valence-electron chi connectivity index (χ1n) is 7.53. The molecule has 1 saturated carbocycles. The number of ether oxygens (including phenoxy) is 2. The van der Waals surface area contributed by atoms with E-state index in [1.54, 1.807) is 23.5 Å². The second kappa shape index (κ2) is 5.79. The molecular formula is C15H22N2O4S. The number of pyridine rings is 1. The van der Waals surface area contributed by atoms with Gasteiger partial charge in [0.1, 0.15) is 4.90 Å². The summed E-state index contributed by atoms with van der Waals surface area (Å²) in [6.07, 6.45) is 5.77. The molecule has 1 aromatic rings. The highest BCUT2D eigenvalue weighted by Crippen LogP contribution is 2.50. The van der Waals surface area contributed by atoms with Crippen molar-refractivity contribution in [1.29, 1.82) is 0 Å². The minimum atomic E-state index is -3.54. The van der Waals surface area contributed by atoms with E-state index in [0.29, 0.717) is 19.2 Å². The maximum Gasteiger partial charge on any atom is 0.248 e. The molecule has 0 amide bonds. The lowest BCUT2D eigenvalue weighted by Crippen LogP contribution is -2.50. The smallest absolute Gasteiger partial charge is 0.248 e. The Bertz CT molecular complexity index is 631. The molecule has 0 N–H and O–H groups in total. The van der Waals surface area contributed by atoms with Crippen LogP contribution in [0.25, 0.3) is 0 Å². The second-order valence-corrected chi connectivity index (χ2v) is 8.09. The number of hydrogen-bond donors (Lipinski definition) is 0. The standard InChI is InChI=1S/C15H22N2O4S/c1-20-12-10-15(11-12)5-8-17(9-6-15)22(18,19)13-4-3-7-16-14(13)21-2/h3-4,7,12H,5-6,8-11H2,1-2H3. The lowest BCUT2D eigenvalue weighted by molar-refractivity contribution is -0.0804. The molecule has 0 atom stereocenters. The third kappa shape index (κ3) is 2.61. The summed E-state index contributed by atoms with van der Waals surface area (Å²) in [7, 11) is -0.365. The lowest BCUT2D eigenvalue weighted by Gasteiger charge is -2.51. The Kier molecular flexibility index (Phi) is 4.13. The zero-order valence-electron chi connectivity index (χ0n) is 13.0. The van der Waals surface area contributed by atoms with Gasteiger partial charge in [0.25, 0.3) is 0 Å². The maximum atomic E-state index is 12.8. The molecule has 22 heavy (non-hydrogen) atoms. The van der Waals surface area contributed by atoms with Gasteiger partial charge in [0.05, 0.1) is 13.2 Å². The fourth-order valence-electron chi connectivity index (χ4n) is 3.55. The summed E-state index contributed by atoms with van der Waals surface area (Å²) in [5, 5.41) is 0. The number of piperidine rings is 1. The number of methoxy groups -OCH3 is 2. The van der Waals surface area contributed by atoms with E-state index in [4.69, 9.17) is 9.47 Å². The summed E-state index contributed by atoms with van der Waals surface area (Å²) >= 11 is 0. The number of hydrogen-bond acceptors (Lipinski definition) is 5. The number of sulfonamides is 1. The molecule has 7 heteroatoms. The van der Waals surface area contributed by atoms with Crippen molar-refractivity contribution >= 4 is 10.0 Å². The number of aromatic nitrogens is 1. The Balaban J connectivity index is 1.73. The molecule has 1 saturated heterocycles. The fraction of sp³-hybridized carbons (Fsp3) is 0.667. The zero-order valence-corrected chi connectivity index (χ0v) is 13.8. The van der Waals surface area contributed by atoms with Crippen LogP contribution in [-0.4, -0.2) is 51.1 Å². The Morgan fingerprint density at radius 2 is 1.95 bits per heavy atom. The first-order valence-corrected chi connectivity index (χ1v) is 8.97. The van der Waals surface area contributed by atoms with Crippen molar-refractivity contribution in [3.05, 3.63) is 18.3 Å². The minimum absolute atomic E-state index is 0.150. The van der Waals surface area contributed by atoms with E-state index in [0.717, 1.165) is 25.7 Å². The van der Waals surface area contributed by atoms with Gasteiger partial charge < -0.3 is 9.47 Å². The number of rotatable bonds is 4. The van der Waals surface area contributed by atoms with Gasteiger partial charge in [-0.05, 0) is 43.2 Å². The van der Waals surface area contributed by atoms with Gasteiger partial charge in [-0.15, -0.1) is 0 Å². The summed E-state index contributed by atoms with van der Waals surface area (Å²) in [6, 6.07) is 3.17. The summed E-state index contributed by atoms with van der Waals surface area (Å²) in [6.45, 7) is 1.10. The largest absolute Gasteiger partial charge is 0.480 e. The SMILES string of the molecule is COc1ncccc1S(=O)(=O)N1CCC2(CC1)CC(OC)C2. The van der Waals surface area contributed by atoms with Crippen LogP contribution in [0.15, 0.2) is 23.2 Å². The normalized spacial score (nSPS) is 22.5. The van der Waals surface area contributed by atoms with Gasteiger partial charge in [0.2, 0.25) is 15.9 Å². The minimum Gasteiger partial charge on any atom is -0.480 e. The van der Waals surface area contributed by atoms with E-state index in [9.17, 15) is 8.42 Å². The highest BCUT2D eigenvalue weighted by atomic mass is 32.2. The van der Waals surface area contributed by atoms with Crippen LogP contribution in [0.2, 0.25) is 0 Å². The molecule has 1 aromatic heterocycles. The predicted octanol–water partition coefficient (Wildman–Crippen LogP) is 1.67. The third-order valence-electron chi connectivity index (χ3n) is 4.99. The summed E-state index contributed by atoms with van der Waals surface area (Å²) in [4.78, 5) is 4.14. The van der Waals surface area contributed by atoms with E-state index >= 15 is 0 Å². The van der Waals surface area contributed by atoms with E-state index in [2.05, 4.69) is 4.98 Å². The van der Waals surface area contributed by atoms with Crippen molar-refractivity contribution in [1.82, 2.24) is 9.29 Å². The van der Waals surface area contributed by atoms with Crippen LogP contribution in [0.4, 0.5) is 0 Å². The molecule has 2 aliphatic rings. The molecule has 1 aliphatic carbocycles. The van der Waals surface area contributed by atoms with Crippen LogP contribution in [0.1, 0.15) is 25.7 Å². The van der Waals surface area contributed by atoms with Crippen molar-refractivity contribution < 1.29 is 17.9 Å². The van der Waals surface area contributed by atoms with Crippen LogP contribution in [0.3, 0.4) is 0 Å². The van der Waals surface area contributed by atoms with Gasteiger partial charge in [0, 0.05) is 26.4 Å². The maximum absolute atomic E-state index is 12.8. The predicted molar refractivity (Wildman–Crippen MR) is 81.2 cm³/mol. The van der Waals surface area contributed by atoms with Crippen molar-refractivity contribution in [2.75, 3.05) is 27.3 Å². The molecule has 6 nitrogen and oxygen atoms in total. The molecule has 1 aliphatic heterocycles. The van der Waals surface area contributed by atoms with Gasteiger partial charge in [-0.1, -0.05) is 0 Å². The highest BCUT2D eigenvalue weighted by molar-refractivity contribution is 7.89. The Labute approximate surface area is 131 Å². The van der Waals surface area contributed by atoms with E-state index in [-0.39, 0.29) is 16.2 Å². The first-order chi connectivity index (χ1) is 10.5. The average Bonchev–Trinajstić information content (AvgIpc) is 2.52. The monoisotopic (exact) mass is 326 g/mol. The van der Waals surface area contributed by atoms with Gasteiger partial charge in [-0.25, -0.2) is 13.4 Å². The molecule has 2 fully saturated rings. The van der Waals surface area contributed by atoms with Crippen LogP contribution >= 0.6 is 0 Å². The molecular weight excluding hydrogens is 304 g/mol. The van der Waals surface area contributed by atoms with Crippen molar-refractivity contribution in [3.63, 3.8) is 0 Å². The van der Waals surface area contributed by atoms with E-state index in [1.807, 2.05) is 0 Å². The Hall–Kier alpha value is -1.18. The molecule has 3 rings (SSSR count). The molecule has 0 unspecified atom stereocenters. The van der Waals surface area contributed by atoms with Gasteiger partial charge in [0.15, 0.2) is 0 Å². The van der Waals surface area contributed by atoms with E-state index in [1.165, 1.54) is 13.3 Å². The Morgan fingerprint density at radius 1 is 1.27 bits per heavy atom. The fourth-order valence-corrected chi connectivity index (χ4v) is 5.10. The summed E-state index contributed by atoms with van der Waals surface area (Å²) in [5.74, 6) is 0.158. The molecule has 122 valence electrons. The molecule has 0 bridgehead atoms. The van der Waals surface area contributed by atoms with Gasteiger partial charge in [-0.2, -0.15) is 4.31 Å². The molecule has 1 spiro atoms. The zero-order chi connectivity index (χ0) is 15.8. The summed E-state index contributed by atoms with van der Waals surface area (Å²) < 4.78 is 37.6. The van der Waals surface area contributed by atoms with Crippen LogP contribution in [0.5, 0.6) is 5.88 Å². The van der Waals surface area contributed by atoms with Crippen LogP contribution in [-0.2, 0) is 14.8 Å². The van der Waals surface area contributed by atoms with Crippen molar-refractivity contribution in [2.45, 2.75) is 36.7 Å². The van der Waals surface area contributed by atoms with Gasteiger partial charge in [-0.3, -0.25) is 0 Å². The lowest BCUT2D eigenvalue weighted by atomic mass is 9.62. The summed E-state index contributed by atoms with van der Waals surface area (Å²) in [5.41, 5.74) is 0.283. The highest BCUT2D eigenvalue weighted by Gasteiger charge is 2.47. The van der Waals surface area contributed by atoms with Gasteiger partial charge >= 0.3 is 0 Å². The first kappa shape index (κ1) is 15.7. The van der Waals surface area contributed by atoms with Crippen molar-refractivity contribution in [3.8, 4) is 5.88 Å². The molecule has 0 radical (unpaired) electrons.